The van der Waals surface area contributed by atoms with Crippen LogP contribution in [0.5, 0.6) is 0 Å². The first kappa shape index (κ1) is 13.6. The van der Waals surface area contributed by atoms with Crippen LogP contribution in [0, 0.1) is 6.92 Å². The number of carbonyl (C=O) groups excluding carboxylic acids is 1. The van der Waals surface area contributed by atoms with E-state index in [2.05, 4.69) is 0 Å². The lowest BCUT2D eigenvalue weighted by Crippen LogP contribution is -2.56. The number of β-amino-alcohol motifs (C(OH)–C–C–N with tert-alkyl or cyclic N) is 1. The first-order valence-corrected chi connectivity index (χ1v) is 7.29. The van der Waals surface area contributed by atoms with Crippen LogP contribution in [0.15, 0.2) is 24.3 Å². The minimum atomic E-state index is -0.576. The molecule has 1 spiro atoms. The topological polar surface area (TPSA) is 49.8 Å². The van der Waals surface area contributed by atoms with Crippen LogP contribution < -0.4 is 0 Å². The summed E-state index contributed by atoms with van der Waals surface area (Å²) in [6.45, 7) is 3.72. The minimum Gasteiger partial charge on any atom is -0.388 e. The number of aryl methyl sites for hydroxylation is 1. The fourth-order valence-corrected chi connectivity index (χ4v) is 3.28. The number of aliphatic hydroxyl groups excluding tert-OH is 1. The van der Waals surface area contributed by atoms with E-state index in [1.807, 2.05) is 31.2 Å². The van der Waals surface area contributed by atoms with E-state index in [0.29, 0.717) is 18.7 Å². The van der Waals surface area contributed by atoms with E-state index < -0.39 is 11.7 Å². The second kappa shape index (κ2) is 5.19. The molecule has 0 saturated carbocycles. The molecular formula is C16H21NO3. The van der Waals surface area contributed by atoms with Crippen molar-refractivity contribution in [2.24, 2.45) is 0 Å². The van der Waals surface area contributed by atoms with Gasteiger partial charge in [-0.2, -0.15) is 0 Å². The van der Waals surface area contributed by atoms with Crippen LogP contribution in [0.1, 0.15) is 35.2 Å². The zero-order chi connectivity index (χ0) is 14.2. The lowest BCUT2D eigenvalue weighted by Gasteiger charge is -2.42. The normalized spacial score (nSPS) is 29.9. The van der Waals surface area contributed by atoms with Crippen molar-refractivity contribution in [1.29, 1.82) is 0 Å². The summed E-state index contributed by atoms with van der Waals surface area (Å²) in [6.07, 6.45) is 2.06. The monoisotopic (exact) mass is 275 g/mol. The second-order valence-electron chi connectivity index (χ2n) is 5.90. The molecule has 0 aromatic heterocycles. The Hall–Kier alpha value is -1.39. The molecule has 0 bridgehead atoms. The van der Waals surface area contributed by atoms with Crippen molar-refractivity contribution >= 4 is 5.91 Å². The smallest absolute Gasteiger partial charge is 0.253 e. The highest BCUT2D eigenvalue weighted by Crippen LogP contribution is 2.36. The van der Waals surface area contributed by atoms with Crippen LogP contribution in [0.3, 0.4) is 0 Å². The van der Waals surface area contributed by atoms with E-state index in [1.165, 1.54) is 0 Å². The standard InChI is InChI=1S/C16H21NO3/c1-12-4-2-5-13(10-12)15(19)17-8-7-16(14(18)11-17)6-3-9-20-16/h2,4-5,10,14,18H,3,6-9,11H2,1H3/t14-,16-/m0/s1. The molecule has 1 amide bonds. The molecule has 1 aromatic rings. The zero-order valence-corrected chi connectivity index (χ0v) is 11.8. The molecule has 1 N–H and O–H groups in total. The van der Waals surface area contributed by atoms with Gasteiger partial charge >= 0.3 is 0 Å². The van der Waals surface area contributed by atoms with Gasteiger partial charge in [-0.05, 0) is 38.3 Å². The van der Waals surface area contributed by atoms with Gasteiger partial charge in [0.15, 0.2) is 0 Å². The van der Waals surface area contributed by atoms with Crippen LogP contribution in [0.25, 0.3) is 0 Å². The van der Waals surface area contributed by atoms with Gasteiger partial charge in [0.1, 0.15) is 6.10 Å². The molecule has 2 fully saturated rings. The number of nitrogens with zero attached hydrogens (tertiary/aromatic N) is 1. The van der Waals surface area contributed by atoms with Gasteiger partial charge in [0.2, 0.25) is 0 Å². The van der Waals surface area contributed by atoms with Gasteiger partial charge in [-0.15, -0.1) is 0 Å². The molecular weight excluding hydrogens is 254 g/mol. The molecule has 0 radical (unpaired) electrons. The van der Waals surface area contributed by atoms with E-state index in [1.54, 1.807) is 4.90 Å². The molecule has 108 valence electrons. The number of rotatable bonds is 1. The Morgan fingerprint density at radius 1 is 1.45 bits per heavy atom. The number of hydrogen-bond donors (Lipinski definition) is 1. The summed E-state index contributed by atoms with van der Waals surface area (Å²) in [6, 6.07) is 7.59. The van der Waals surface area contributed by atoms with E-state index in [9.17, 15) is 9.90 Å². The Balaban J connectivity index is 1.72. The second-order valence-corrected chi connectivity index (χ2v) is 5.90. The molecule has 20 heavy (non-hydrogen) atoms. The third-order valence-electron chi connectivity index (χ3n) is 4.49. The number of benzene rings is 1. The third kappa shape index (κ3) is 2.34. The molecule has 2 aliphatic rings. The van der Waals surface area contributed by atoms with Crippen LogP contribution in [-0.4, -0.2) is 47.3 Å². The predicted octanol–water partition coefficient (Wildman–Crippen LogP) is 1.75. The third-order valence-corrected chi connectivity index (χ3v) is 4.49. The summed E-state index contributed by atoms with van der Waals surface area (Å²) in [5.41, 5.74) is 1.37. The zero-order valence-electron chi connectivity index (χ0n) is 11.8. The molecule has 2 atom stereocenters. The van der Waals surface area contributed by atoms with Gasteiger partial charge in [0.25, 0.3) is 5.91 Å². The van der Waals surface area contributed by atoms with E-state index >= 15 is 0 Å². The molecule has 2 aliphatic heterocycles. The molecule has 0 unspecified atom stereocenters. The minimum absolute atomic E-state index is 0.000553. The van der Waals surface area contributed by atoms with Crippen LogP contribution >= 0.6 is 0 Å². The summed E-state index contributed by atoms with van der Waals surface area (Å²) in [5, 5.41) is 10.4. The van der Waals surface area contributed by atoms with Crippen molar-refractivity contribution in [2.75, 3.05) is 19.7 Å². The van der Waals surface area contributed by atoms with Gasteiger partial charge in [0, 0.05) is 25.3 Å². The Bertz CT molecular complexity index is 508. The number of piperidine rings is 1. The maximum Gasteiger partial charge on any atom is 0.253 e. The fraction of sp³-hybridized carbons (Fsp3) is 0.562. The lowest BCUT2D eigenvalue weighted by molar-refractivity contribution is -0.122. The number of aliphatic hydroxyl groups is 1. The molecule has 3 rings (SSSR count). The molecule has 2 saturated heterocycles. The Labute approximate surface area is 119 Å². The highest BCUT2D eigenvalue weighted by atomic mass is 16.5. The van der Waals surface area contributed by atoms with Crippen LogP contribution in [0.4, 0.5) is 0 Å². The average Bonchev–Trinajstić information content (AvgIpc) is 2.91. The largest absolute Gasteiger partial charge is 0.388 e. The molecule has 1 aromatic carbocycles. The quantitative estimate of drug-likeness (QED) is 0.849. The highest BCUT2D eigenvalue weighted by molar-refractivity contribution is 5.94. The van der Waals surface area contributed by atoms with E-state index in [-0.39, 0.29) is 5.91 Å². The number of hydrogen-bond acceptors (Lipinski definition) is 3. The summed E-state index contributed by atoms with van der Waals surface area (Å²) in [7, 11) is 0. The van der Waals surface area contributed by atoms with Crippen molar-refractivity contribution in [1.82, 2.24) is 4.90 Å². The van der Waals surface area contributed by atoms with Crippen LogP contribution in [0.2, 0.25) is 0 Å². The number of carbonyl (C=O) groups is 1. The molecule has 4 nitrogen and oxygen atoms in total. The van der Waals surface area contributed by atoms with Crippen molar-refractivity contribution < 1.29 is 14.6 Å². The van der Waals surface area contributed by atoms with Gasteiger partial charge in [-0.1, -0.05) is 17.7 Å². The van der Waals surface area contributed by atoms with Gasteiger partial charge in [-0.3, -0.25) is 4.79 Å². The van der Waals surface area contributed by atoms with E-state index in [0.717, 1.165) is 31.4 Å². The molecule has 0 aliphatic carbocycles. The highest BCUT2D eigenvalue weighted by Gasteiger charge is 2.46. The predicted molar refractivity (Wildman–Crippen MR) is 75.6 cm³/mol. The summed E-state index contributed by atoms with van der Waals surface area (Å²) >= 11 is 0. The average molecular weight is 275 g/mol. The Kier molecular flexibility index (Phi) is 3.52. The summed E-state index contributed by atoms with van der Waals surface area (Å²) < 4.78 is 5.76. The van der Waals surface area contributed by atoms with Gasteiger partial charge in [-0.25, -0.2) is 0 Å². The maximum absolute atomic E-state index is 12.5. The fourth-order valence-electron chi connectivity index (χ4n) is 3.28. The first-order chi connectivity index (χ1) is 9.61. The number of amides is 1. The molecule has 4 heteroatoms. The SMILES string of the molecule is Cc1cccc(C(=O)N2CC[C@@]3(CCCO3)[C@@H](O)C2)c1. The van der Waals surface area contributed by atoms with Crippen molar-refractivity contribution in [3.05, 3.63) is 35.4 Å². The number of likely N-dealkylation sites (tertiary alicyclic amines) is 1. The first-order valence-electron chi connectivity index (χ1n) is 7.29. The van der Waals surface area contributed by atoms with Gasteiger partial charge in [0.05, 0.1) is 5.60 Å². The van der Waals surface area contributed by atoms with Gasteiger partial charge < -0.3 is 14.7 Å². The van der Waals surface area contributed by atoms with Crippen molar-refractivity contribution in [2.45, 2.75) is 37.9 Å². The molecule has 2 heterocycles. The summed E-state index contributed by atoms with van der Waals surface area (Å²) in [5.74, 6) is 0.000553. The van der Waals surface area contributed by atoms with Crippen molar-refractivity contribution in [3.63, 3.8) is 0 Å². The van der Waals surface area contributed by atoms with Crippen molar-refractivity contribution in [3.8, 4) is 0 Å². The Morgan fingerprint density at radius 3 is 2.95 bits per heavy atom. The Morgan fingerprint density at radius 2 is 2.30 bits per heavy atom. The summed E-state index contributed by atoms with van der Waals surface area (Å²) in [4.78, 5) is 14.2. The number of ether oxygens (including phenoxy) is 1. The lowest BCUT2D eigenvalue weighted by atomic mass is 9.86. The van der Waals surface area contributed by atoms with Crippen LogP contribution in [-0.2, 0) is 4.74 Å². The van der Waals surface area contributed by atoms with E-state index in [4.69, 9.17) is 4.74 Å². The maximum atomic E-state index is 12.5.